The molecule has 1 aromatic carbocycles. The molecule has 0 radical (unpaired) electrons. The normalized spacial score (nSPS) is 10.4. The zero-order chi connectivity index (χ0) is 13.8. The molecule has 0 bridgehead atoms. The molecule has 2 aromatic rings. The van der Waals surface area contributed by atoms with Gasteiger partial charge in [-0.25, -0.2) is 4.79 Å². The van der Waals surface area contributed by atoms with Gasteiger partial charge in [0.1, 0.15) is 12.3 Å². The van der Waals surface area contributed by atoms with E-state index in [1.54, 1.807) is 16.8 Å². The highest BCUT2D eigenvalue weighted by Gasteiger charge is 2.14. The van der Waals surface area contributed by atoms with E-state index < -0.39 is 0 Å². The highest BCUT2D eigenvalue weighted by molar-refractivity contribution is 9.10. The molecule has 0 aliphatic rings. The highest BCUT2D eigenvalue weighted by Crippen LogP contribution is 2.18. The van der Waals surface area contributed by atoms with E-state index in [1.807, 2.05) is 31.2 Å². The summed E-state index contributed by atoms with van der Waals surface area (Å²) in [6.45, 7) is 2.86. The van der Waals surface area contributed by atoms with Crippen LogP contribution in [0.5, 0.6) is 0 Å². The van der Waals surface area contributed by atoms with E-state index in [-0.39, 0.29) is 12.6 Å². The highest BCUT2D eigenvalue weighted by atomic mass is 79.9. The molecule has 0 unspecified atom stereocenters. The minimum Gasteiger partial charge on any atom is -0.456 e. The third-order valence-corrected chi connectivity index (χ3v) is 3.56. The molecule has 1 aromatic heterocycles. The van der Waals surface area contributed by atoms with Gasteiger partial charge in [-0.1, -0.05) is 34.1 Å². The second-order valence-electron chi connectivity index (χ2n) is 4.11. The lowest BCUT2D eigenvalue weighted by molar-refractivity contribution is 0.0459. The number of carbonyl (C=O) groups excluding carboxylic acids is 1. The van der Waals surface area contributed by atoms with Gasteiger partial charge in [0.2, 0.25) is 0 Å². The van der Waals surface area contributed by atoms with Crippen LogP contribution in [0.3, 0.4) is 0 Å². The molecule has 0 saturated carbocycles. The van der Waals surface area contributed by atoms with Gasteiger partial charge < -0.3 is 15.0 Å². The molecule has 2 N–H and O–H groups in total. The average Bonchev–Trinajstić information content (AvgIpc) is 2.79. The SMILES string of the molecule is CCn1cc(N)cc1C(=O)OCc1ccccc1Br. The first-order chi connectivity index (χ1) is 9.11. The van der Waals surface area contributed by atoms with Gasteiger partial charge in [0.15, 0.2) is 0 Å². The fraction of sp³-hybridized carbons (Fsp3) is 0.214. The number of rotatable bonds is 4. The van der Waals surface area contributed by atoms with Gasteiger partial charge in [0.25, 0.3) is 0 Å². The summed E-state index contributed by atoms with van der Waals surface area (Å²) < 4.78 is 8.01. The number of hydrogen-bond donors (Lipinski definition) is 1. The molecule has 0 aliphatic heterocycles. The molecule has 4 nitrogen and oxygen atoms in total. The van der Waals surface area contributed by atoms with Gasteiger partial charge in [-0.05, 0) is 19.1 Å². The van der Waals surface area contributed by atoms with Gasteiger partial charge in [-0.3, -0.25) is 0 Å². The van der Waals surface area contributed by atoms with Gasteiger partial charge in [0.05, 0.1) is 5.69 Å². The first kappa shape index (κ1) is 13.7. The first-order valence-electron chi connectivity index (χ1n) is 5.98. The number of carbonyl (C=O) groups is 1. The van der Waals surface area contributed by atoms with Crippen LogP contribution in [0.2, 0.25) is 0 Å². The molecule has 0 atom stereocenters. The Morgan fingerprint density at radius 1 is 1.42 bits per heavy atom. The summed E-state index contributed by atoms with van der Waals surface area (Å²) in [5.74, 6) is -0.366. The van der Waals surface area contributed by atoms with Crippen molar-refractivity contribution in [2.24, 2.45) is 0 Å². The molecule has 0 aliphatic carbocycles. The summed E-state index contributed by atoms with van der Waals surface area (Å²) in [5, 5.41) is 0. The maximum atomic E-state index is 12.0. The van der Waals surface area contributed by atoms with Crippen LogP contribution in [0.4, 0.5) is 5.69 Å². The van der Waals surface area contributed by atoms with Crippen molar-refractivity contribution in [1.82, 2.24) is 4.57 Å². The Morgan fingerprint density at radius 3 is 2.84 bits per heavy atom. The largest absolute Gasteiger partial charge is 0.456 e. The van der Waals surface area contributed by atoms with Crippen molar-refractivity contribution in [3.05, 3.63) is 52.3 Å². The third kappa shape index (κ3) is 3.17. The minimum absolute atomic E-state index is 0.231. The fourth-order valence-electron chi connectivity index (χ4n) is 1.80. The lowest BCUT2D eigenvalue weighted by Crippen LogP contribution is -2.11. The van der Waals surface area contributed by atoms with E-state index in [1.165, 1.54) is 0 Å². The van der Waals surface area contributed by atoms with Crippen molar-refractivity contribution >= 4 is 27.6 Å². The Balaban J connectivity index is 2.07. The van der Waals surface area contributed by atoms with Crippen LogP contribution in [0.25, 0.3) is 0 Å². The number of anilines is 1. The topological polar surface area (TPSA) is 57.2 Å². The number of esters is 1. The van der Waals surface area contributed by atoms with Crippen molar-refractivity contribution in [2.45, 2.75) is 20.1 Å². The molecule has 100 valence electrons. The standard InChI is InChI=1S/C14H15BrN2O2/c1-2-17-8-11(16)7-13(17)14(18)19-9-10-5-3-4-6-12(10)15/h3-8H,2,9,16H2,1H3. The number of benzene rings is 1. The van der Waals surface area contributed by atoms with Crippen LogP contribution in [-0.2, 0) is 17.9 Å². The molecular formula is C14H15BrN2O2. The molecule has 0 spiro atoms. The number of aromatic nitrogens is 1. The number of nitrogens with two attached hydrogens (primary N) is 1. The van der Waals surface area contributed by atoms with E-state index in [9.17, 15) is 4.79 Å². The van der Waals surface area contributed by atoms with Crippen molar-refractivity contribution in [3.8, 4) is 0 Å². The summed E-state index contributed by atoms with van der Waals surface area (Å²) in [7, 11) is 0. The van der Waals surface area contributed by atoms with E-state index in [0.717, 1.165) is 10.0 Å². The lowest BCUT2D eigenvalue weighted by Gasteiger charge is -2.08. The van der Waals surface area contributed by atoms with Crippen LogP contribution in [-0.4, -0.2) is 10.5 Å². The van der Waals surface area contributed by atoms with Crippen LogP contribution >= 0.6 is 15.9 Å². The summed E-state index contributed by atoms with van der Waals surface area (Å²) in [6.07, 6.45) is 1.73. The molecule has 0 fully saturated rings. The first-order valence-corrected chi connectivity index (χ1v) is 6.77. The molecule has 19 heavy (non-hydrogen) atoms. The Kier molecular flexibility index (Phi) is 4.27. The second kappa shape index (κ2) is 5.93. The van der Waals surface area contributed by atoms with Crippen molar-refractivity contribution in [2.75, 3.05) is 5.73 Å². The average molecular weight is 323 g/mol. The van der Waals surface area contributed by atoms with Gasteiger partial charge >= 0.3 is 5.97 Å². The summed E-state index contributed by atoms with van der Waals surface area (Å²) in [4.78, 5) is 12.0. The molecular weight excluding hydrogens is 308 g/mol. The number of hydrogen-bond acceptors (Lipinski definition) is 3. The summed E-state index contributed by atoms with van der Waals surface area (Å²) >= 11 is 3.42. The van der Waals surface area contributed by atoms with Crippen molar-refractivity contribution in [1.29, 1.82) is 0 Å². The van der Waals surface area contributed by atoms with Crippen molar-refractivity contribution < 1.29 is 9.53 Å². The number of nitrogen functional groups attached to an aromatic ring is 1. The van der Waals surface area contributed by atoms with Crippen LogP contribution in [0.15, 0.2) is 41.0 Å². The number of aryl methyl sites for hydroxylation is 1. The minimum atomic E-state index is -0.366. The Labute approximate surface area is 120 Å². The van der Waals surface area contributed by atoms with Crippen molar-refractivity contribution in [3.63, 3.8) is 0 Å². The number of halogens is 1. The molecule has 0 saturated heterocycles. The molecule has 5 heteroatoms. The predicted octanol–water partition coefficient (Wildman–Crippen LogP) is 3.21. The number of nitrogens with zero attached hydrogens (tertiary/aromatic N) is 1. The maximum absolute atomic E-state index is 12.0. The number of ether oxygens (including phenoxy) is 1. The van der Waals surface area contributed by atoms with Gasteiger partial charge in [0, 0.05) is 22.8 Å². The van der Waals surface area contributed by atoms with E-state index in [4.69, 9.17) is 10.5 Å². The summed E-state index contributed by atoms with van der Waals surface area (Å²) in [5.41, 5.74) is 7.66. The Morgan fingerprint density at radius 2 is 2.16 bits per heavy atom. The predicted molar refractivity (Wildman–Crippen MR) is 77.8 cm³/mol. The van der Waals surface area contributed by atoms with Crippen LogP contribution in [0, 0.1) is 0 Å². The van der Waals surface area contributed by atoms with E-state index >= 15 is 0 Å². The van der Waals surface area contributed by atoms with Crippen LogP contribution < -0.4 is 5.73 Å². The van der Waals surface area contributed by atoms with Gasteiger partial charge in [-0.2, -0.15) is 0 Å². The smallest absolute Gasteiger partial charge is 0.355 e. The van der Waals surface area contributed by atoms with E-state index in [2.05, 4.69) is 15.9 Å². The van der Waals surface area contributed by atoms with Gasteiger partial charge in [-0.15, -0.1) is 0 Å². The molecule has 1 heterocycles. The lowest BCUT2D eigenvalue weighted by atomic mass is 10.2. The summed E-state index contributed by atoms with van der Waals surface area (Å²) in [6, 6.07) is 9.27. The molecule has 2 rings (SSSR count). The monoisotopic (exact) mass is 322 g/mol. The quantitative estimate of drug-likeness (QED) is 0.879. The zero-order valence-electron chi connectivity index (χ0n) is 10.6. The second-order valence-corrected chi connectivity index (χ2v) is 4.97. The van der Waals surface area contributed by atoms with Crippen LogP contribution in [0.1, 0.15) is 23.0 Å². The third-order valence-electron chi connectivity index (χ3n) is 2.78. The zero-order valence-corrected chi connectivity index (χ0v) is 12.2. The fourth-order valence-corrected chi connectivity index (χ4v) is 2.20. The Hall–Kier alpha value is -1.75. The van der Waals surface area contributed by atoms with E-state index in [0.29, 0.717) is 17.9 Å². The Bertz CT molecular complexity index is 593. The molecule has 0 amide bonds. The maximum Gasteiger partial charge on any atom is 0.355 e.